The van der Waals surface area contributed by atoms with Crippen molar-refractivity contribution < 1.29 is 9.66 Å². The van der Waals surface area contributed by atoms with Crippen molar-refractivity contribution in [3.63, 3.8) is 0 Å². The molecule has 5 nitrogen and oxygen atoms in total. The highest BCUT2D eigenvalue weighted by atomic mass is 16.6. The molecule has 0 aliphatic carbocycles. The first kappa shape index (κ1) is 14.8. The Kier molecular flexibility index (Phi) is 4.42. The Hall–Kier alpha value is -2.56. The van der Waals surface area contributed by atoms with Crippen LogP contribution in [0.5, 0.6) is 5.75 Å². The molecule has 1 atom stereocenters. The minimum atomic E-state index is -0.426. The second-order valence-corrected chi connectivity index (χ2v) is 4.95. The first-order valence-corrected chi connectivity index (χ1v) is 6.66. The number of non-ortho nitro benzene ring substituents is 1. The fraction of sp³-hybridized carbons (Fsp3) is 0.250. The molecule has 0 saturated heterocycles. The lowest BCUT2D eigenvalue weighted by Gasteiger charge is -2.16. The first-order valence-electron chi connectivity index (χ1n) is 6.66. The van der Waals surface area contributed by atoms with Crippen LogP contribution in [-0.4, -0.2) is 12.0 Å². The number of nitrogens with zero attached hydrogens (tertiary/aromatic N) is 1. The number of nitro groups is 1. The van der Waals surface area contributed by atoms with Gasteiger partial charge in [-0.3, -0.25) is 10.1 Å². The summed E-state index contributed by atoms with van der Waals surface area (Å²) in [5, 5.41) is 14.2. The Morgan fingerprint density at radius 1 is 1.19 bits per heavy atom. The zero-order valence-corrected chi connectivity index (χ0v) is 12.3. The Balaban J connectivity index is 2.23. The van der Waals surface area contributed by atoms with Crippen LogP contribution in [0.3, 0.4) is 0 Å². The largest absolute Gasteiger partial charge is 0.496 e. The topological polar surface area (TPSA) is 64.4 Å². The number of nitro benzene ring substituents is 1. The molecule has 2 aromatic rings. The van der Waals surface area contributed by atoms with Gasteiger partial charge in [-0.15, -0.1) is 0 Å². The van der Waals surface area contributed by atoms with Crippen molar-refractivity contribution in [1.82, 2.24) is 0 Å². The van der Waals surface area contributed by atoms with Gasteiger partial charge in [-0.1, -0.05) is 29.8 Å². The average Bonchev–Trinajstić information content (AvgIpc) is 2.47. The Labute approximate surface area is 123 Å². The number of nitrogens with one attached hydrogen (secondary N) is 1. The molecule has 5 heteroatoms. The van der Waals surface area contributed by atoms with E-state index in [0.717, 1.165) is 5.56 Å². The average molecular weight is 286 g/mol. The lowest BCUT2D eigenvalue weighted by atomic mass is 10.1. The number of hydrogen-bond donors (Lipinski definition) is 1. The first-order chi connectivity index (χ1) is 9.99. The van der Waals surface area contributed by atoms with Crippen LogP contribution in [-0.2, 0) is 0 Å². The number of benzene rings is 2. The second-order valence-electron chi connectivity index (χ2n) is 4.95. The maximum Gasteiger partial charge on any atom is 0.275 e. The van der Waals surface area contributed by atoms with Crippen molar-refractivity contribution in [2.24, 2.45) is 0 Å². The zero-order valence-electron chi connectivity index (χ0n) is 12.3. The molecule has 1 N–H and O–H groups in total. The van der Waals surface area contributed by atoms with E-state index in [2.05, 4.69) is 5.32 Å². The van der Waals surface area contributed by atoms with Crippen LogP contribution in [0, 0.1) is 17.0 Å². The van der Waals surface area contributed by atoms with Gasteiger partial charge in [-0.05, 0) is 19.4 Å². The third-order valence-electron chi connectivity index (χ3n) is 3.30. The van der Waals surface area contributed by atoms with E-state index in [4.69, 9.17) is 4.74 Å². The van der Waals surface area contributed by atoms with Crippen LogP contribution in [0.25, 0.3) is 0 Å². The van der Waals surface area contributed by atoms with Gasteiger partial charge in [0.25, 0.3) is 5.69 Å². The SMILES string of the molecule is COc1cc(NC(C)c2ccc(C)cc2)cc([N+](=O)[O-])c1. The van der Waals surface area contributed by atoms with Crippen LogP contribution in [0.4, 0.5) is 11.4 Å². The van der Waals surface area contributed by atoms with Crippen molar-refractivity contribution in [3.05, 3.63) is 63.7 Å². The molecule has 0 aliphatic rings. The predicted molar refractivity (Wildman–Crippen MR) is 82.9 cm³/mol. The quantitative estimate of drug-likeness (QED) is 0.664. The summed E-state index contributed by atoms with van der Waals surface area (Å²) < 4.78 is 5.10. The Morgan fingerprint density at radius 3 is 2.43 bits per heavy atom. The molecule has 0 bridgehead atoms. The fourth-order valence-electron chi connectivity index (χ4n) is 2.08. The highest BCUT2D eigenvalue weighted by Crippen LogP contribution is 2.28. The van der Waals surface area contributed by atoms with Gasteiger partial charge < -0.3 is 10.1 Å². The summed E-state index contributed by atoms with van der Waals surface area (Å²) in [5.41, 5.74) is 2.98. The molecule has 2 aromatic carbocycles. The van der Waals surface area contributed by atoms with Gasteiger partial charge in [0, 0.05) is 23.9 Å². The van der Waals surface area contributed by atoms with Gasteiger partial charge in [0.15, 0.2) is 0 Å². The van der Waals surface area contributed by atoms with Crippen LogP contribution in [0.15, 0.2) is 42.5 Å². The molecule has 1 unspecified atom stereocenters. The van der Waals surface area contributed by atoms with E-state index in [1.54, 1.807) is 6.07 Å². The van der Waals surface area contributed by atoms with Gasteiger partial charge in [0.1, 0.15) is 5.75 Å². The maximum atomic E-state index is 10.9. The van der Waals surface area contributed by atoms with Crippen molar-refractivity contribution in [2.75, 3.05) is 12.4 Å². The Bertz CT molecular complexity index is 638. The normalized spacial score (nSPS) is 11.8. The third kappa shape index (κ3) is 3.72. The minimum Gasteiger partial charge on any atom is -0.496 e. The molecule has 0 amide bonds. The summed E-state index contributed by atoms with van der Waals surface area (Å²) in [6.07, 6.45) is 0. The summed E-state index contributed by atoms with van der Waals surface area (Å²) >= 11 is 0. The van der Waals surface area contributed by atoms with Crippen LogP contribution >= 0.6 is 0 Å². The zero-order chi connectivity index (χ0) is 15.4. The fourth-order valence-corrected chi connectivity index (χ4v) is 2.08. The number of ether oxygens (including phenoxy) is 1. The van der Waals surface area contributed by atoms with Crippen molar-refractivity contribution in [2.45, 2.75) is 19.9 Å². The second kappa shape index (κ2) is 6.26. The molecule has 0 fully saturated rings. The summed E-state index contributed by atoms with van der Waals surface area (Å²) in [6.45, 7) is 4.04. The standard InChI is InChI=1S/C16H18N2O3/c1-11-4-6-13(7-5-11)12(2)17-14-8-15(18(19)20)10-16(9-14)21-3/h4-10,12,17H,1-3H3. The molecule has 0 spiro atoms. The van der Waals surface area contributed by atoms with E-state index in [9.17, 15) is 10.1 Å². The molecule has 0 heterocycles. The van der Waals surface area contributed by atoms with E-state index in [0.29, 0.717) is 11.4 Å². The van der Waals surface area contributed by atoms with Crippen LogP contribution < -0.4 is 10.1 Å². The van der Waals surface area contributed by atoms with Gasteiger partial charge in [-0.2, -0.15) is 0 Å². The molecule has 0 aliphatic heterocycles. The summed E-state index contributed by atoms with van der Waals surface area (Å²) in [6, 6.07) is 12.9. The van der Waals surface area contributed by atoms with Gasteiger partial charge in [0.2, 0.25) is 0 Å². The number of anilines is 1. The van der Waals surface area contributed by atoms with E-state index < -0.39 is 4.92 Å². The summed E-state index contributed by atoms with van der Waals surface area (Å²) in [4.78, 5) is 10.5. The van der Waals surface area contributed by atoms with Crippen LogP contribution in [0.1, 0.15) is 24.1 Å². The van der Waals surface area contributed by atoms with E-state index in [1.807, 2.05) is 38.1 Å². The number of rotatable bonds is 5. The van der Waals surface area contributed by atoms with Gasteiger partial charge >= 0.3 is 0 Å². The molecule has 110 valence electrons. The summed E-state index contributed by atoms with van der Waals surface area (Å²) in [5.74, 6) is 0.461. The highest BCUT2D eigenvalue weighted by molar-refractivity contribution is 5.57. The molecule has 2 rings (SSSR count). The summed E-state index contributed by atoms with van der Waals surface area (Å²) in [7, 11) is 1.49. The smallest absolute Gasteiger partial charge is 0.275 e. The molecular formula is C16H18N2O3. The number of aryl methyl sites for hydroxylation is 1. The van der Waals surface area contributed by atoms with E-state index in [-0.39, 0.29) is 11.7 Å². The lowest BCUT2D eigenvalue weighted by Crippen LogP contribution is -2.07. The van der Waals surface area contributed by atoms with Crippen LogP contribution in [0.2, 0.25) is 0 Å². The molecule has 0 radical (unpaired) electrons. The highest BCUT2D eigenvalue weighted by Gasteiger charge is 2.12. The number of methoxy groups -OCH3 is 1. The van der Waals surface area contributed by atoms with Crippen molar-refractivity contribution in [3.8, 4) is 5.75 Å². The van der Waals surface area contributed by atoms with E-state index in [1.165, 1.54) is 24.8 Å². The molecule has 0 aromatic heterocycles. The molecule has 0 saturated carbocycles. The van der Waals surface area contributed by atoms with E-state index >= 15 is 0 Å². The molecule has 21 heavy (non-hydrogen) atoms. The predicted octanol–water partition coefficient (Wildman–Crippen LogP) is 4.08. The lowest BCUT2D eigenvalue weighted by molar-refractivity contribution is -0.384. The monoisotopic (exact) mass is 286 g/mol. The number of hydrogen-bond acceptors (Lipinski definition) is 4. The van der Waals surface area contributed by atoms with Crippen molar-refractivity contribution in [1.29, 1.82) is 0 Å². The molecular weight excluding hydrogens is 268 g/mol. The maximum absolute atomic E-state index is 10.9. The minimum absolute atomic E-state index is 0.00737. The Morgan fingerprint density at radius 2 is 1.86 bits per heavy atom. The van der Waals surface area contributed by atoms with Crippen molar-refractivity contribution >= 4 is 11.4 Å². The van der Waals surface area contributed by atoms with Gasteiger partial charge in [-0.25, -0.2) is 0 Å². The van der Waals surface area contributed by atoms with Gasteiger partial charge in [0.05, 0.1) is 18.1 Å². The third-order valence-corrected chi connectivity index (χ3v) is 3.30.